The van der Waals surface area contributed by atoms with Crippen LogP contribution in [0.5, 0.6) is 0 Å². The first kappa shape index (κ1) is 23.8. The molecule has 2 aliphatic rings. The van der Waals surface area contributed by atoms with E-state index in [4.69, 9.17) is 15.6 Å². The van der Waals surface area contributed by atoms with Crippen molar-refractivity contribution in [2.75, 3.05) is 50.9 Å². The Balaban J connectivity index is 0.00000182. The highest BCUT2D eigenvalue weighted by molar-refractivity contribution is 5.85. The van der Waals surface area contributed by atoms with Crippen molar-refractivity contribution in [3.63, 3.8) is 0 Å². The number of rotatable bonds is 4. The lowest BCUT2D eigenvalue weighted by Crippen LogP contribution is -2.48. The maximum absolute atomic E-state index is 12.1. The van der Waals surface area contributed by atoms with Gasteiger partial charge in [-0.05, 0) is 19.8 Å². The summed E-state index contributed by atoms with van der Waals surface area (Å²) in [6.07, 6.45) is 1.70. The van der Waals surface area contributed by atoms with Gasteiger partial charge in [-0.3, -0.25) is 4.79 Å². The van der Waals surface area contributed by atoms with Crippen molar-refractivity contribution in [2.45, 2.75) is 31.7 Å². The largest absolute Gasteiger partial charge is 0.394 e. The van der Waals surface area contributed by atoms with Gasteiger partial charge >= 0.3 is 0 Å². The summed E-state index contributed by atoms with van der Waals surface area (Å²) in [5.74, 6) is 1.89. The van der Waals surface area contributed by atoms with Crippen LogP contribution in [0.4, 0.5) is 5.82 Å². The van der Waals surface area contributed by atoms with Crippen molar-refractivity contribution in [2.24, 2.45) is 5.73 Å². The van der Waals surface area contributed by atoms with Crippen LogP contribution in [-0.2, 0) is 9.53 Å². The van der Waals surface area contributed by atoms with Gasteiger partial charge in [-0.1, -0.05) is 0 Å². The molecule has 1 aromatic rings. The molecule has 0 unspecified atom stereocenters. The normalized spacial score (nSPS) is 19.1. The van der Waals surface area contributed by atoms with Crippen molar-refractivity contribution < 1.29 is 14.6 Å². The third-order valence-corrected chi connectivity index (χ3v) is 4.92. The highest BCUT2D eigenvalue weighted by atomic mass is 35.5. The lowest BCUT2D eigenvalue weighted by Gasteiger charge is -2.33. The molecule has 0 spiro atoms. The van der Waals surface area contributed by atoms with Crippen molar-refractivity contribution in [1.82, 2.24) is 14.9 Å². The molecule has 1 aromatic heterocycles. The fraction of sp³-hybridized carbons (Fsp3) is 0.706. The fourth-order valence-corrected chi connectivity index (χ4v) is 3.45. The van der Waals surface area contributed by atoms with E-state index in [1.807, 2.05) is 6.92 Å². The number of ether oxygens (including phenoxy) is 1. The Kier molecular flexibility index (Phi) is 9.69. The second-order valence-electron chi connectivity index (χ2n) is 6.69. The maximum atomic E-state index is 12.1. The molecule has 3 rings (SSSR count). The molecule has 2 saturated heterocycles. The average molecular weight is 422 g/mol. The zero-order chi connectivity index (χ0) is 17.8. The zero-order valence-corrected chi connectivity index (χ0v) is 17.2. The first-order chi connectivity index (χ1) is 12.1. The van der Waals surface area contributed by atoms with Gasteiger partial charge in [-0.25, -0.2) is 9.97 Å². The van der Waals surface area contributed by atoms with Crippen LogP contribution in [0.2, 0.25) is 0 Å². The Morgan fingerprint density at radius 2 is 1.89 bits per heavy atom. The van der Waals surface area contributed by atoms with E-state index in [2.05, 4.69) is 20.9 Å². The van der Waals surface area contributed by atoms with Crippen LogP contribution >= 0.6 is 24.8 Å². The van der Waals surface area contributed by atoms with Crippen LogP contribution in [0.25, 0.3) is 0 Å². The van der Waals surface area contributed by atoms with E-state index >= 15 is 0 Å². The molecule has 0 aliphatic carbocycles. The smallest absolute Gasteiger partial charge is 0.241 e. The van der Waals surface area contributed by atoms with Crippen molar-refractivity contribution in [3.05, 3.63) is 17.6 Å². The van der Waals surface area contributed by atoms with Crippen LogP contribution in [0.1, 0.15) is 30.3 Å². The monoisotopic (exact) mass is 421 g/mol. The quantitative estimate of drug-likeness (QED) is 0.728. The number of aromatic nitrogens is 2. The van der Waals surface area contributed by atoms with Gasteiger partial charge in [0.2, 0.25) is 5.91 Å². The molecule has 10 heteroatoms. The number of anilines is 1. The number of nitrogens with two attached hydrogens (primary N) is 1. The van der Waals surface area contributed by atoms with Crippen LogP contribution < -0.4 is 10.6 Å². The number of aryl methyl sites for hydroxylation is 1. The highest BCUT2D eigenvalue weighted by Crippen LogP contribution is 2.29. The molecular weight excluding hydrogens is 393 g/mol. The first-order valence-electron chi connectivity index (χ1n) is 8.92. The van der Waals surface area contributed by atoms with Gasteiger partial charge in [0.05, 0.1) is 19.8 Å². The molecule has 2 fully saturated rings. The van der Waals surface area contributed by atoms with E-state index in [9.17, 15) is 4.79 Å². The molecular formula is C17H29Cl2N5O3. The van der Waals surface area contributed by atoms with E-state index in [0.29, 0.717) is 19.0 Å². The van der Waals surface area contributed by atoms with Gasteiger partial charge in [0, 0.05) is 43.9 Å². The minimum Gasteiger partial charge on any atom is -0.394 e. The molecule has 0 bridgehead atoms. The van der Waals surface area contributed by atoms with Gasteiger partial charge in [0.15, 0.2) is 0 Å². The summed E-state index contributed by atoms with van der Waals surface area (Å²) in [7, 11) is 0. The number of carbonyl (C=O) groups is 1. The highest BCUT2D eigenvalue weighted by Gasteiger charge is 2.28. The van der Waals surface area contributed by atoms with Gasteiger partial charge < -0.3 is 25.4 Å². The Morgan fingerprint density at radius 3 is 2.48 bits per heavy atom. The van der Waals surface area contributed by atoms with E-state index < -0.39 is 6.04 Å². The van der Waals surface area contributed by atoms with Gasteiger partial charge in [-0.2, -0.15) is 0 Å². The number of halogens is 2. The van der Waals surface area contributed by atoms with Gasteiger partial charge in [0.1, 0.15) is 17.7 Å². The lowest BCUT2D eigenvalue weighted by atomic mass is 9.92. The molecule has 0 aromatic carbocycles. The molecule has 0 radical (unpaired) electrons. The number of morpholine rings is 1. The van der Waals surface area contributed by atoms with E-state index in [1.54, 1.807) is 4.90 Å². The number of aliphatic hydroxyl groups is 1. The summed E-state index contributed by atoms with van der Waals surface area (Å²) in [5, 5.41) is 9.05. The van der Waals surface area contributed by atoms with Crippen molar-refractivity contribution in [3.8, 4) is 0 Å². The standard InChI is InChI=1S/C17H27N5O3.2ClH/c1-12-19-15(10-16(20-12)21-6-8-25-9-7-21)13-2-4-22(5-3-13)17(24)14(18)11-23;;/h10,13-14,23H,2-9,11,18H2,1H3;2*1H/t14-;;/m0../s1. The number of nitrogens with zero attached hydrogens (tertiary/aromatic N) is 4. The number of likely N-dealkylation sites (tertiary alicyclic amines) is 1. The molecule has 0 saturated carbocycles. The number of carbonyl (C=O) groups excluding carboxylic acids is 1. The van der Waals surface area contributed by atoms with E-state index in [-0.39, 0.29) is 37.3 Å². The SMILES string of the molecule is Cc1nc(C2CCN(C(=O)[C@@H](N)CO)CC2)cc(N2CCOCC2)n1.Cl.Cl. The summed E-state index contributed by atoms with van der Waals surface area (Å²) in [6, 6.07) is 1.27. The zero-order valence-electron chi connectivity index (χ0n) is 15.5. The molecule has 1 amide bonds. The van der Waals surface area contributed by atoms with Gasteiger partial charge in [-0.15, -0.1) is 24.8 Å². The average Bonchev–Trinajstić information content (AvgIpc) is 2.67. The summed E-state index contributed by atoms with van der Waals surface area (Å²) >= 11 is 0. The topological polar surface area (TPSA) is 105 Å². The lowest BCUT2D eigenvalue weighted by molar-refractivity contribution is -0.134. The Morgan fingerprint density at radius 1 is 1.26 bits per heavy atom. The molecule has 3 heterocycles. The first-order valence-corrected chi connectivity index (χ1v) is 8.92. The summed E-state index contributed by atoms with van der Waals surface area (Å²) < 4.78 is 5.41. The number of hydrogen-bond donors (Lipinski definition) is 2. The van der Waals surface area contributed by atoms with Crippen molar-refractivity contribution >= 4 is 36.5 Å². The summed E-state index contributed by atoms with van der Waals surface area (Å²) in [4.78, 5) is 25.3. The Hall–Kier alpha value is -1.19. The Bertz CT molecular complexity index is 608. The number of piperidine rings is 1. The predicted molar refractivity (Wildman–Crippen MR) is 108 cm³/mol. The van der Waals surface area contributed by atoms with E-state index in [0.717, 1.165) is 56.5 Å². The Labute approximate surface area is 172 Å². The van der Waals surface area contributed by atoms with Crippen molar-refractivity contribution in [1.29, 1.82) is 0 Å². The molecule has 2 aliphatic heterocycles. The second-order valence-corrected chi connectivity index (χ2v) is 6.69. The molecule has 8 nitrogen and oxygen atoms in total. The number of aliphatic hydroxyl groups excluding tert-OH is 1. The van der Waals surface area contributed by atoms with Crippen LogP contribution in [0.3, 0.4) is 0 Å². The number of hydrogen-bond acceptors (Lipinski definition) is 7. The molecule has 27 heavy (non-hydrogen) atoms. The minimum absolute atomic E-state index is 0. The summed E-state index contributed by atoms with van der Waals surface area (Å²) in [6.45, 7) is 6.05. The maximum Gasteiger partial charge on any atom is 0.241 e. The third-order valence-electron chi connectivity index (χ3n) is 4.92. The molecule has 1 atom stereocenters. The molecule has 3 N–H and O–H groups in total. The van der Waals surface area contributed by atoms with Crippen LogP contribution in [0.15, 0.2) is 6.07 Å². The number of amides is 1. The fourth-order valence-electron chi connectivity index (χ4n) is 3.45. The minimum atomic E-state index is -0.814. The predicted octanol–water partition coefficient (Wildman–Crippen LogP) is 0.491. The van der Waals surface area contributed by atoms with Gasteiger partial charge in [0.25, 0.3) is 0 Å². The van der Waals surface area contributed by atoms with Crippen LogP contribution in [-0.4, -0.2) is 77.9 Å². The van der Waals surface area contributed by atoms with E-state index in [1.165, 1.54) is 0 Å². The third kappa shape index (κ3) is 5.89. The summed E-state index contributed by atoms with van der Waals surface area (Å²) in [5.41, 5.74) is 6.69. The van der Waals surface area contributed by atoms with Crippen LogP contribution in [0, 0.1) is 6.92 Å². The molecule has 154 valence electrons. The second kappa shape index (κ2) is 11.0.